The van der Waals surface area contributed by atoms with Crippen LogP contribution in [0, 0.1) is 0 Å². The molecule has 5 nitrogen and oxygen atoms in total. The zero-order valence-corrected chi connectivity index (χ0v) is 16.2. The number of amides is 1. The molecule has 3 aromatic rings. The molecular weight excluding hydrogens is 338 g/mol. The van der Waals surface area contributed by atoms with E-state index in [1.54, 1.807) is 18.2 Å². The SMILES string of the molecule is CC(C)c1cccc(C(C)C)c1NC(=O)Cn1cnc2ccccc2c1=O. The Bertz CT molecular complexity index is 1010. The molecule has 0 saturated heterocycles. The third kappa shape index (κ3) is 3.92. The number of hydrogen-bond donors (Lipinski definition) is 1. The minimum atomic E-state index is -0.232. The number of anilines is 1. The van der Waals surface area contributed by atoms with Gasteiger partial charge in [0.2, 0.25) is 5.91 Å². The fraction of sp³-hybridized carbons (Fsp3) is 0.318. The van der Waals surface area contributed by atoms with Crippen molar-refractivity contribution >= 4 is 22.5 Å². The minimum absolute atomic E-state index is 0.0688. The van der Waals surface area contributed by atoms with Gasteiger partial charge in [-0.3, -0.25) is 14.2 Å². The molecule has 0 atom stereocenters. The van der Waals surface area contributed by atoms with Gasteiger partial charge in [-0.25, -0.2) is 4.98 Å². The van der Waals surface area contributed by atoms with Crippen molar-refractivity contribution in [1.29, 1.82) is 0 Å². The summed E-state index contributed by atoms with van der Waals surface area (Å²) in [7, 11) is 0. The maximum atomic E-state index is 12.7. The summed E-state index contributed by atoms with van der Waals surface area (Å²) in [6.45, 7) is 8.35. The van der Waals surface area contributed by atoms with Gasteiger partial charge in [0.1, 0.15) is 6.54 Å². The molecule has 1 heterocycles. The van der Waals surface area contributed by atoms with Crippen LogP contribution in [0.15, 0.2) is 53.6 Å². The highest BCUT2D eigenvalue weighted by molar-refractivity contribution is 5.92. The standard InChI is InChI=1S/C22H25N3O2/c1-14(2)16-9-7-10-17(15(3)4)21(16)24-20(26)12-25-13-23-19-11-6-5-8-18(19)22(25)27/h5-11,13-15H,12H2,1-4H3,(H,24,26). The number of para-hydroxylation sites is 2. The highest BCUT2D eigenvalue weighted by Crippen LogP contribution is 2.32. The summed E-state index contributed by atoms with van der Waals surface area (Å²) in [4.78, 5) is 29.6. The van der Waals surface area contributed by atoms with Gasteiger partial charge in [0.25, 0.3) is 5.56 Å². The van der Waals surface area contributed by atoms with Crippen molar-refractivity contribution in [1.82, 2.24) is 9.55 Å². The molecule has 0 radical (unpaired) electrons. The van der Waals surface area contributed by atoms with E-state index in [1.165, 1.54) is 10.9 Å². The lowest BCUT2D eigenvalue weighted by atomic mass is 9.92. The molecule has 0 spiro atoms. The van der Waals surface area contributed by atoms with Crippen molar-refractivity contribution in [3.63, 3.8) is 0 Å². The summed E-state index contributed by atoms with van der Waals surface area (Å²) in [5.74, 6) is 0.331. The Hall–Kier alpha value is -2.95. The van der Waals surface area contributed by atoms with E-state index in [-0.39, 0.29) is 29.8 Å². The predicted molar refractivity (Wildman–Crippen MR) is 109 cm³/mol. The van der Waals surface area contributed by atoms with E-state index in [0.717, 1.165) is 16.8 Å². The van der Waals surface area contributed by atoms with Gasteiger partial charge in [0.05, 0.1) is 17.2 Å². The maximum Gasteiger partial charge on any atom is 0.261 e. The first-order chi connectivity index (χ1) is 12.9. The highest BCUT2D eigenvalue weighted by Gasteiger charge is 2.16. The Kier molecular flexibility index (Phi) is 5.40. The molecule has 1 N–H and O–H groups in total. The normalized spacial score (nSPS) is 11.3. The molecule has 0 bridgehead atoms. The lowest BCUT2D eigenvalue weighted by molar-refractivity contribution is -0.116. The summed E-state index contributed by atoms with van der Waals surface area (Å²) in [6, 6.07) is 13.2. The number of benzene rings is 2. The van der Waals surface area contributed by atoms with Gasteiger partial charge >= 0.3 is 0 Å². The van der Waals surface area contributed by atoms with Gasteiger partial charge in [0, 0.05) is 5.69 Å². The maximum absolute atomic E-state index is 12.7. The van der Waals surface area contributed by atoms with E-state index in [0.29, 0.717) is 10.9 Å². The van der Waals surface area contributed by atoms with Crippen molar-refractivity contribution in [2.45, 2.75) is 46.1 Å². The monoisotopic (exact) mass is 363 g/mol. The summed E-state index contributed by atoms with van der Waals surface area (Å²) >= 11 is 0. The Balaban J connectivity index is 1.91. The van der Waals surface area contributed by atoms with Crippen LogP contribution < -0.4 is 10.9 Å². The largest absolute Gasteiger partial charge is 0.324 e. The molecule has 1 amide bonds. The molecular formula is C22H25N3O2. The molecule has 27 heavy (non-hydrogen) atoms. The average molecular weight is 363 g/mol. The molecule has 3 rings (SSSR count). The average Bonchev–Trinajstić information content (AvgIpc) is 2.64. The fourth-order valence-corrected chi connectivity index (χ4v) is 3.25. The fourth-order valence-electron chi connectivity index (χ4n) is 3.25. The Morgan fingerprint density at radius 3 is 2.26 bits per heavy atom. The zero-order valence-electron chi connectivity index (χ0n) is 16.2. The van der Waals surface area contributed by atoms with Gasteiger partial charge in [-0.15, -0.1) is 0 Å². The first-order valence-corrected chi connectivity index (χ1v) is 9.25. The Morgan fingerprint density at radius 1 is 1.00 bits per heavy atom. The zero-order chi connectivity index (χ0) is 19.6. The number of nitrogens with one attached hydrogen (secondary N) is 1. The van der Waals surface area contributed by atoms with Crippen LogP contribution in [0.2, 0.25) is 0 Å². The Labute approximate surface area is 159 Å². The smallest absolute Gasteiger partial charge is 0.261 e. The molecule has 0 unspecified atom stereocenters. The van der Waals surface area contributed by atoms with Crippen LogP contribution in [0.4, 0.5) is 5.69 Å². The predicted octanol–water partition coefficient (Wildman–Crippen LogP) is 4.28. The van der Waals surface area contributed by atoms with E-state index in [9.17, 15) is 9.59 Å². The third-order valence-electron chi connectivity index (χ3n) is 4.68. The number of carbonyl (C=O) groups excluding carboxylic acids is 1. The summed E-state index contributed by atoms with van der Waals surface area (Å²) < 4.78 is 1.35. The van der Waals surface area contributed by atoms with Crippen LogP contribution in [-0.4, -0.2) is 15.5 Å². The van der Waals surface area contributed by atoms with Gasteiger partial charge < -0.3 is 5.32 Å². The number of nitrogens with zero attached hydrogens (tertiary/aromatic N) is 2. The number of rotatable bonds is 5. The van der Waals surface area contributed by atoms with Crippen molar-refractivity contribution < 1.29 is 4.79 Å². The van der Waals surface area contributed by atoms with E-state index in [1.807, 2.05) is 24.3 Å². The Morgan fingerprint density at radius 2 is 1.63 bits per heavy atom. The van der Waals surface area contributed by atoms with Crippen LogP contribution in [-0.2, 0) is 11.3 Å². The van der Waals surface area contributed by atoms with E-state index >= 15 is 0 Å². The second-order valence-electron chi connectivity index (χ2n) is 7.36. The molecule has 5 heteroatoms. The minimum Gasteiger partial charge on any atom is -0.324 e. The van der Waals surface area contributed by atoms with Crippen LogP contribution in [0.1, 0.15) is 50.7 Å². The molecule has 0 fully saturated rings. The molecule has 2 aromatic carbocycles. The number of carbonyl (C=O) groups is 1. The van der Waals surface area contributed by atoms with Crippen LogP contribution in [0.3, 0.4) is 0 Å². The lowest BCUT2D eigenvalue weighted by Gasteiger charge is -2.20. The highest BCUT2D eigenvalue weighted by atomic mass is 16.2. The first kappa shape index (κ1) is 18.8. The van der Waals surface area contributed by atoms with Crippen molar-refractivity contribution in [3.05, 3.63) is 70.3 Å². The van der Waals surface area contributed by atoms with Crippen molar-refractivity contribution in [2.75, 3.05) is 5.32 Å². The van der Waals surface area contributed by atoms with Gasteiger partial charge in [0.15, 0.2) is 0 Å². The summed E-state index contributed by atoms with van der Waals surface area (Å²) in [5.41, 5.74) is 3.47. The second-order valence-corrected chi connectivity index (χ2v) is 7.36. The molecule has 1 aromatic heterocycles. The number of fused-ring (bicyclic) bond motifs is 1. The van der Waals surface area contributed by atoms with E-state index in [4.69, 9.17) is 0 Å². The molecule has 140 valence electrons. The second kappa shape index (κ2) is 7.74. The molecule has 0 aliphatic carbocycles. The summed E-state index contributed by atoms with van der Waals surface area (Å²) in [5, 5.41) is 3.55. The topological polar surface area (TPSA) is 64.0 Å². The van der Waals surface area contributed by atoms with Crippen molar-refractivity contribution in [2.24, 2.45) is 0 Å². The van der Waals surface area contributed by atoms with Crippen molar-refractivity contribution in [3.8, 4) is 0 Å². The van der Waals surface area contributed by atoms with Gasteiger partial charge in [-0.1, -0.05) is 58.0 Å². The quantitative estimate of drug-likeness (QED) is 0.736. The lowest BCUT2D eigenvalue weighted by Crippen LogP contribution is -2.28. The van der Waals surface area contributed by atoms with Gasteiger partial charge in [-0.2, -0.15) is 0 Å². The molecule has 0 aliphatic heterocycles. The summed E-state index contributed by atoms with van der Waals surface area (Å²) in [6.07, 6.45) is 1.43. The van der Waals surface area contributed by atoms with Crippen LogP contribution >= 0.6 is 0 Å². The van der Waals surface area contributed by atoms with E-state index < -0.39 is 0 Å². The van der Waals surface area contributed by atoms with E-state index in [2.05, 4.69) is 38.0 Å². The number of hydrogen-bond acceptors (Lipinski definition) is 3. The van der Waals surface area contributed by atoms with Gasteiger partial charge in [-0.05, 0) is 35.1 Å². The number of aromatic nitrogens is 2. The third-order valence-corrected chi connectivity index (χ3v) is 4.68. The molecule has 0 saturated carbocycles. The van der Waals surface area contributed by atoms with Crippen LogP contribution in [0.5, 0.6) is 0 Å². The molecule has 0 aliphatic rings. The first-order valence-electron chi connectivity index (χ1n) is 9.25. The van der Waals surface area contributed by atoms with Crippen LogP contribution in [0.25, 0.3) is 10.9 Å².